The molecule has 0 spiro atoms. The summed E-state index contributed by atoms with van der Waals surface area (Å²) in [4.78, 5) is 16.5. The zero-order valence-corrected chi connectivity index (χ0v) is 15.4. The second kappa shape index (κ2) is 7.88. The Bertz CT molecular complexity index is 943. The molecule has 0 unspecified atom stereocenters. The molecular formula is C19H18N2O4S. The van der Waals surface area contributed by atoms with Crippen LogP contribution in [0, 0.1) is 6.92 Å². The minimum Gasteiger partial charge on any atom is -0.497 e. The van der Waals surface area contributed by atoms with Crippen molar-refractivity contribution in [2.75, 3.05) is 19.5 Å². The molecule has 2 aromatic heterocycles. The number of thiazole rings is 1. The predicted molar refractivity (Wildman–Crippen MR) is 102 cm³/mol. The molecule has 1 aromatic carbocycles. The van der Waals surface area contributed by atoms with Gasteiger partial charge in [-0.25, -0.2) is 4.98 Å². The van der Waals surface area contributed by atoms with Gasteiger partial charge in [-0.1, -0.05) is 0 Å². The number of furan rings is 1. The number of nitrogens with zero attached hydrogens (tertiary/aromatic N) is 1. The van der Waals surface area contributed by atoms with Crippen molar-refractivity contribution in [2.45, 2.75) is 6.92 Å². The van der Waals surface area contributed by atoms with Gasteiger partial charge in [-0.3, -0.25) is 10.1 Å². The summed E-state index contributed by atoms with van der Waals surface area (Å²) in [7, 11) is 3.16. The predicted octanol–water partition coefficient (Wildman–Crippen LogP) is 4.38. The molecule has 3 rings (SSSR count). The maximum Gasteiger partial charge on any atom is 0.250 e. The summed E-state index contributed by atoms with van der Waals surface area (Å²) in [6, 6.07) is 9.10. The van der Waals surface area contributed by atoms with Crippen LogP contribution in [0.2, 0.25) is 0 Å². The van der Waals surface area contributed by atoms with E-state index in [1.54, 1.807) is 38.5 Å². The fourth-order valence-corrected chi connectivity index (χ4v) is 3.00. The van der Waals surface area contributed by atoms with Gasteiger partial charge in [0.2, 0.25) is 5.91 Å². The summed E-state index contributed by atoms with van der Waals surface area (Å²) in [6.45, 7) is 1.87. The Labute approximate surface area is 155 Å². The van der Waals surface area contributed by atoms with Crippen LogP contribution in [0.3, 0.4) is 0 Å². The van der Waals surface area contributed by atoms with Gasteiger partial charge in [-0.2, -0.15) is 0 Å². The maximum atomic E-state index is 12.2. The number of aryl methyl sites for hydroxylation is 1. The van der Waals surface area contributed by atoms with E-state index in [9.17, 15) is 4.79 Å². The Balaban J connectivity index is 1.69. The van der Waals surface area contributed by atoms with Crippen molar-refractivity contribution in [3.05, 3.63) is 53.1 Å². The first-order chi connectivity index (χ1) is 12.6. The van der Waals surface area contributed by atoms with Gasteiger partial charge in [0.05, 0.1) is 14.2 Å². The monoisotopic (exact) mass is 370 g/mol. The lowest BCUT2D eigenvalue weighted by molar-refractivity contribution is -0.111. The summed E-state index contributed by atoms with van der Waals surface area (Å²) >= 11 is 1.34. The number of ether oxygens (including phenoxy) is 2. The molecule has 3 aromatic rings. The summed E-state index contributed by atoms with van der Waals surface area (Å²) < 4.78 is 16.0. The van der Waals surface area contributed by atoms with Crippen LogP contribution >= 0.6 is 11.3 Å². The average molecular weight is 370 g/mol. The van der Waals surface area contributed by atoms with Crippen LogP contribution in [0.5, 0.6) is 11.5 Å². The van der Waals surface area contributed by atoms with Crippen molar-refractivity contribution in [2.24, 2.45) is 0 Å². The largest absolute Gasteiger partial charge is 0.497 e. The lowest BCUT2D eigenvalue weighted by atomic mass is 10.1. The first-order valence-corrected chi connectivity index (χ1v) is 8.70. The van der Waals surface area contributed by atoms with E-state index in [0.717, 1.165) is 11.3 Å². The van der Waals surface area contributed by atoms with Crippen LogP contribution in [0.25, 0.3) is 17.5 Å². The molecule has 1 amide bonds. The van der Waals surface area contributed by atoms with Gasteiger partial charge in [0.1, 0.15) is 23.0 Å². The van der Waals surface area contributed by atoms with Crippen LogP contribution in [0.4, 0.5) is 5.13 Å². The van der Waals surface area contributed by atoms with E-state index in [0.29, 0.717) is 28.1 Å². The lowest BCUT2D eigenvalue weighted by Gasteiger charge is -2.07. The number of carbonyl (C=O) groups excluding carboxylic acids is 1. The molecule has 6 nitrogen and oxygen atoms in total. The Morgan fingerprint density at radius 1 is 1.23 bits per heavy atom. The van der Waals surface area contributed by atoms with Gasteiger partial charge in [0, 0.05) is 17.0 Å². The molecule has 2 heterocycles. The molecule has 134 valence electrons. The molecule has 1 N–H and O–H groups in total. The number of aromatic nitrogens is 1. The quantitative estimate of drug-likeness (QED) is 0.652. The highest BCUT2D eigenvalue weighted by molar-refractivity contribution is 7.14. The third-order valence-corrected chi connectivity index (χ3v) is 4.34. The van der Waals surface area contributed by atoms with Gasteiger partial charge < -0.3 is 13.9 Å². The minimum absolute atomic E-state index is 0.286. The summed E-state index contributed by atoms with van der Waals surface area (Å²) in [5, 5.41) is 5.08. The number of carbonyl (C=O) groups is 1. The van der Waals surface area contributed by atoms with E-state index >= 15 is 0 Å². The van der Waals surface area contributed by atoms with E-state index in [2.05, 4.69) is 10.3 Å². The number of anilines is 1. The molecule has 0 bridgehead atoms. The number of hydrogen-bond donors (Lipinski definition) is 1. The fraction of sp³-hybridized carbons (Fsp3) is 0.158. The first-order valence-electron chi connectivity index (χ1n) is 7.82. The number of nitrogens with one attached hydrogen (secondary N) is 1. The standard InChI is InChI=1S/C19H18N2O4S/c1-12-4-7-17(25-12)15-11-26-19(20-15)21-18(22)9-5-13-10-14(23-2)6-8-16(13)24-3/h4-11H,1-3H3,(H,20,21,22)/b9-5+. The van der Waals surface area contributed by atoms with Crippen molar-refractivity contribution < 1.29 is 18.7 Å². The van der Waals surface area contributed by atoms with E-state index in [-0.39, 0.29) is 5.91 Å². The van der Waals surface area contributed by atoms with Crippen LogP contribution in [-0.4, -0.2) is 25.1 Å². The minimum atomic E-state index is -0.286. The average Bonchev–Trinajstić information content (AvgIpc) is 3.28. The molecule has 7 heteroatoms. The van der Waals surface area contributed by atoms with Gasteiger partial charge in [-0.05, 0) is 43.3 Å². The van der Waals surface area contributed by atoms with Gasteiger partial charge >= 0.3 is 0 Å². The molecule has 0 fully saturated rings. The first kappa shape index (κ1) is 17.8. The smallest absolute Gasteiger partial charge is 0.250 e. The third kappa shape index (κ3) is 4.12. The van der Waals surface area contributed by atoms with Gasteiger partial charge in [0.25, 0.3) is 0 Å². The van der Waals surface area contributed by atoms with E-state index in [4.69, 9.17) is 13.9 Å². The molecule has 0 aliphatic carbocycles. The molecule has 0 radical (unpaired) electrons. The zero-order chi connectivity index (χ0) is 18.5. The van der Waals surface area contributed by atoms with Crippen LogP contribution < -0.4 is 14.8 Å². The van der Waals surface area contributed by atoms with Crippen molar-refractivity contribution in [3.63, 3.8) is 0 Å². The lowest BCUT2D eigenvalue weighted by Crippen LogP contribution is -2.07. The van der Waals surface area contributed by atoms with E-state index < -0.39 is 0 Å². The topological polar surface area (TPSA) is 73.6 Å². The Morgan fingerprint density at radius 3 is 2.77 bits per heavy atom. The van der Waals surface area contributed by atoms with Gasteiger partial charge in [0.15, 0.2) is 10.9 Å². The number of hydrogen-bond acceptors (Lipinski definition) is 6. The van der Waals surface area contributed by atoms with Crippen molar-refractivity contribution >= 4 is 28.5 Å². The summed E-state index contributed by atoms with van der Waals surface area (Å²) in [6.07, 6.45) is 3.09. The van der Waals surface area contributed by atoms with Crippen LogP contribution in [-0.2, 0) is 4.79 Å². The second-order valence-electron chi connectivity index (χ2n) is 5.38. The zero-order valence-electron chi connectivity index (χ0n) is 14.6. The molecule has 0 aliphatic rings. The molecular weight excluding hydrogens is 352 g/mol. The molecule has 26 heavy (non-hydrogen) atoms. The van der Waals surface area contributed by atoms with Crippen molar-refractivity contribution in [3.8, 4) is 23.0 Å². The van der Waals surface area contributed by atoms with Gasteiger partial charge in [-0.15, -0.1) is 11.3 Å². The van der Waals surface area contributed by atoms with Crippen LogP contribution in [0.15, 0.2) is 46.2 Å². The Morgan fingerprint density at radius 2 is 2.08 bits per heavy atom. The molecule has 0 saturated carbocycles. The van der Waals surface area contributed by atoms with Crippen LogP contribution in [0.1, 0.15) is 11.3 Å². The highest BCUT2D eigenvalue weighted by Gasteiger charge is 2.09. The molecule has 0 atom stereocenters. The van der Waals surface area contributed by atoms with Crippen molar-refractivity contribution in [1.82, 2.24) is 4.98 Å². The van der Waals surface area contributed by atoms with E-state index in [1.165, 1.54) is 17.4 Å². The third-order valence-electron chi connectivity index (χ3n) is 3.58. The SMILES string of the molecule is COc1ccc(OC)c(/C=C/C(=O)Nc2nc(-c3ccc(C)o3)cs2)c1. The maximum absolute atomic E-state index is 12.2. The molecule has 0 saturated heterocycles. The van der Waals surface area contributed by atoms with Crippen molar-refractivity contribution in [1.29, 1.82) is 0 Å². The normalized spacial score (nSPS) is 10.9. The summed E-state index contributed by atoms with van der Waals surface area (Å²) in [5.74, 6) is 2.54. The fourth-order valence-electron chi connectivity index (χ4n) is 2.30. The Hall–Kier alpha value is -3.06. The van der Waals surface area contributed by atoms with E-state index in [1.807, 2.05) is 24.4 Å². The second-order valence-corrected chi connectivity index (χ2v) is 6.24. The number of methoxy groups -OCH3 is 2. The number of benzene rings is 1. The highest BCUT2D eigenvalue weighted by Crippen LogP contribution is 2.27. The number of amides is 1. The number of rotatable bonds is 6. The Kier molecular flexibility index (Phi) is 5.38. The molecule has 0 aliphatic heterocycles. The highest BCUT2D eigenvalue weighted by atomic mass is 32.1. The summed E-state index contributed by atoms with van der Waals surface area (Å²) in [5.41, 5.74) is 1.43.